The zero-order chi connectivity index (χ0) is 12.9. The van der Waals surface area contributed by atoms with Gasteiger partial charge in [0, 0.05) is 37.2 Å². The summed E-state index contributed by atoms with van der Waals surface area (Å²) in [5.41, 5.74) is 4.61. The Balaban J connectivity index is 1.59. The zero-order valence-electron chi connectivity index (χ0n) is 10.9. The Morgan fingerprint density at radius 3 is 2.89 bits per heavy atom. The second-order valence-electron chi connectivity index (χ2n) is 4.74. The molecule has 100 valence electrons. The first kappa shape index (κ1) is 12.7. The van der Waals surface area contributed by atoms with Crippen LogP contribution in [0.2, 0.25) is 0 Å². The van der Waals surface area contributed by atoms with Crippen molar-refractivity contribution in [1.29, 1.82) is 0 Å². The fourth-order valence-electron chi connectivity index (χ4n) is 2.27. The third kappa shape index (κ3) is 3.37. The van der Waals surface area contributed by atoms with Crippen LogP contribution in [0.5, 0.6) is 0 Å². The van der Waals surface area contributed by atoms with Crippen molar-refractivity contribution in [3.05, 3.63) is 35.7 Å². The van der Waals surface area contributed by atoms with E-state index in [9.17, 15) is 0 Å². The van der Waals surface area contributed by atoms with Crippen LogP contribution in [0, 0.1) is 0 Å². The summed E-state index contributed by atoms with van der Waals surface area (Å²) >= 11 is 1.73. The molecule has 1 saturated heterocycles. The van der Waals surface area contributed by atoms with Crippen molar-refractivity contribution in [2.75, 3.05) is 13.1 Å². The number of hydrogen-bond donors (Lipinski definition) is 1. The van der Waals surface area contributed by atoms with E-state index < -0.39 is 0 Å². The average molecular weight is 274 g/mol. The summed E-state index contributed by atoms with van der Waals surface area (Å²) in [6, 6.07) is 4.03. The van der Waals surface area contributed by atoms with Gasteiger partial charge < -0.3 is 0 Å². The van der Waals surface area contributed by atoms with Gasteiger partial charge in [0.2, 0.25) is 0 Å². The highest BCUT2D eigenvalue weighted by Gasteiger charge is 2.10. The maximum absolute atomic E-state index is 4.48. The van der Waals surface area contributed by atoms with E-state index in [1.54, 1.807) is 17.5 Å². The number of thiazole rings is 1. The van der Waals surface area contributed by atoms with E-state index in [-0.39, 0.29) is 0 Å². The van der Waals surface area contributed by atoms with Crippen molar-refractivity contribution < 1.29 is 0 Å². The number of hydrogen-bond acceptors (Lipinski definition) is 5. The van der Waals surface area contributed by atoms with Gasteiger partial charge in [0.15, 0.2) is 0 Å². The Morgan fingerprint density at radius 1 is 1.21 bits per heavy atom. The van der Waals surface area contributed by atoms with Gasteiger partial charge in [0.25, 0.3) is 0 Å². The third-order valence-corrected chi connectivity index (χ3v) is 4.36. The molecule has 0 unspecified atom stereocenters. The van der Waals surface area contributed by atoms with E-state index in [1.807, 2.05) is 18.5 Å². The fourth-order valence-corrected chi connectivity index (χ4v) is 3.11. The topological polar surface area (TPSA) is 41.1 Å². The maximum Gasteiger partial charge on any atom is 0.108 e. The van der Waals surface area contributed by atoms with Crippen LogP contribution in [-0.4, -0.2) is 28.1 Å². The molecular formula is C14H18N4S. The van der Waals surface area contributed by atoms with Crippen molar-refractivity contribution in [2.45, 2.75) is 25.8 Å². The summed E-state index contributed by atoms with van der Waals surface area (Å²) < 4.78 is 0. The monoisotopic (exact) mass is 274 g/mol. The second-order valence-corrected chi connectivity index (χ2v) is 5.86. The molecule has 1 aliphatic heterocycles. The van der Waals surface area contributed by atoms with Crippen molar-refractivity contribution in [2.24, 2.45) is 0 Å². The fraction of sp³-hybridized carbons (Fsp3) is 0.429. The second kappa shape index (κ2) is 6.23. The molecule has 0 atom stereocenters. The number of piperidine rings is 1. The first-order valence-electron chi connectivity index (χ1n) is 6.75. The molecule has 2 aromatic heterocycles. The summed E-state index contributed by atoms with van der Waals surface area (Å²) in [5.74, 6) is 0. The Kier molecular flexibility index (Phi) is 4.17. The summed E-state index contributed by atoms with van der Waals surface area (Å²) in [4.78, 5) is 9.81. The number of aromatic nitrogens is 2. The van der Waals surface area contributed by atoms with Crippen molar-refractivity contribution in [3.63, 3.8) is 0 Å². The van der Waals surface area contributed by atoms with E-state index in [0.717, 1.165) is 30.2 Å². The molecule has 5 heteroatoms. The van der Waals surface area contributed by atoms with E-state index in [1.165, 1.54) is 24.1 Å². The van der Waals surface area contributed by atoms with Crippen molar-refractivity contribution >= 4 is 11.3 Å². The summed E-state index contributed by atoms with van der Waals surface area (Å²) in [6.07, 6.45) is 9.58. The first-order valence-corrected chi connectivity index (χ1v) is 7.57. The van der Waals surface area contributed by atoms with Crippen LogP contribution >= 0.6 is 11.3 Å². The van der Waals surface area contributed by atoms with Crippen LogP contribution in [-0.2, 0) is 6.54 Å². The van der Waals surface area contributed by atoms with E-state index in [0.29, 0.717) is 0 Å². The van der Waals surface area contributed by atoms with Gasteiger partial charge in [0.05, 0.1) is 11.4 Å². The molecule has 0 amide bonds. The molecule has 1 fully saturated rings. The molecule has 3 rings (SSSR count). The van der Waals surface area contributed by atoms with Gasteiger partial charge in [0.1, 0.15) is 5.01 Å². The van der Waals surface area contributed by atoms with Crippen LogP contribution in [0.1, 0.15) is 24.3 Å². The first-order chi connectivity index (χ1) is 9.42. The molecule has 0 aliphatic carbocycles. The van der Waals surface area contributed by atoms with E-state index >= 15 is 0 Å². The highest BCUT2D eigenvalue weighted by molar-refractivity contribution is 7.15. The predicted octanol–water partition coefficient (Wildman–Crippen LogP) is 2.70. The summed E-state index contributed by atoms with van der Waals surface area (Å²) in [6.45, 7) is 3.13. The van der Waals surface area contributed by atoms with Crippen LogP contribution in [0.15, 0.2) is 30.7 Å². The standard InChI is InChI=1S/C14H18N4S/c1-2-7-18(8-3-1)17-11-14-16-10-13(19-14)12-5-4-6-15-9-12/h4-6,9-10,17H,1-3,7-8,11H2. The molecule has 0 aromatic carbocycles. The molecule has 0 bridgehead atoms. The molecular weight excluding hydrogens is 256 g/mol. The summed E-state index contributed by atoms with van der Waals surface area (Å²) in [5, 5.41) is 3.44. The molecule has 0 radical (unpaired) electrons. The summed E-state index contributed by atoms with van der Waals surface area (Å²) in [7, 11) is 0. The number of rotatable bonds is 4. The Bertz CT molecular complexity index is 505. The van der Waals surface area contributed by atoms with Crippen LogP contribution in [0.3, 0.4) is 0 Å². The van der Waals surface area contributed by atoms with Crippen LogP contribution in [0.4, 0.5) is 0 Å². The lowest BCUT2D eigenvalue weighted by atomic mass is 10.2. The van der Waals surface area contributed by atoms with Gasteiger partial charge in [-0.15, -0.1) is 11.3 Å². The van der Waals surface area contributed by atoms with Crippen molar-refractivity contribution in [3.8, 4) is 10.4 Å². The van der Waals surface area contributed by atoms with Gasteiger partial charge in [-0.05, 0) is 18.9 Å². The minimum atomic E-state index is 0.824. The van der Waals surface area contributed by atoms with E-state index in [4.69, 9.17) is 0 Å². The minimum absolute atomic E-state index is 0.824. The number of hydrazine groups is 1. The van der Waals surface area contributed by atoms with Gasteiger partial charge in [-0.25, -0.2) is 15.4 Å². The van der Waals surface area contributed by atoms with Crippen LogP contribution < -0.4 is 5.43 Å². The Morgan fingerprint density at radius 2 is 2.11 bits per heavy atom. The molecule has 2 aromatic rings. The predicted molar refractivity (Wildman–Crippen MR) is 77.6 cm³/mol. The smallest absolute Gasteiger partial charge is 0.108 e. The molecule has 3 heterocycles. The molecule has 19 heavy (non-hydrogen) atoms. The molecule has 0 spiro atoms. The normalized spacial score (nSPS) is 16.6. The minimum Gasteiger partial charge on any atom is -0.264 e. The average Bonchev–Trinajstić information content (AvgIpc) is 2.96. The molecule has 0 saturated carbocycles. The zero-order valence-corrected chi connectivity index (χ0v) is 11.7. The highest BCUT2D eigenvalue weighted by Crippen LogP contribution is 2.25. The largest absolute Gasteiger partial charge is 0.264 e. The van der Waals surface area contributed by atoms with Crippen LogP contribution in [0.25, 0.3) is 10.4 Å². The third-order valence-electron chi connectivity index (χ3n) is 3.31. The van der Waals surface area contributed by atoms with Gasteiger partial charge in [-0.2, -0.15) is 0 Å². The van der Waals surface area contributed by atoms with Crippen molar-refractivity contribution in [1.82, 2.24) is 20.4 Å². The Hall–Kier alpha value is -1.30. The Labute approximate surface area is 117 Å². The number of nitrogens with zero attached hydrogens (tertiary/aromatic N) is 3. The van der Waals surface area contributed by atoms with Gasteiger partial charge in [-0.1, -0.05) is 12.5 Å². The number of pyridine rings is 1. The molecule has 1 aliphatic rings. The molecule has 1 N–H and O–H groups in total. The lowest BCUT2D eigenvalue weighted by molar-refractivity contribution is 0.151. The SMILES string of the molecule is c1cncc(-c2cnc(CNN3CCCCC3)s2)c1. The van der Waals surface area contributed by atoms with Gasteiger partial charge >= 0.3 is 0 Å². The quantitative estimate of drug-likeness (QED) is 0.930. The lowest BCUT2D eigenvalue weighted by Gasteiger charge is -2.26. The van der Waals surface area contributed by atoms with Gasteiger partial charge in [-0.3, -0.25) is 4.98 Å². The maximum atomic E-state index is 4.48. The number of nitrogens with one attached hydrogen (secondary N) is 1. The highest BCUT2D eigenvalue weighted by atomic mass is 32.1. The molecule has 4 nitrogen and oxygen atoms in total. The van der Waals surface area contributed by atoms with E-state index in [2.05, 4.69) is 26.5 Å². The lowest BCUT2D eigenvalue weighted by Crippen LogP contribution is -2.41.